The number of allylic oxidation sites excluding steroid dienone is 1. The van der Waals surface area contributed by atoms with Crippen molar-refractivity contribution in [2.24, 2.45) is 5.92 Å². The van der Waals surface area contributed by atoms with Crippen LogP contribution in [0.1, 0.15) is 24.0 Å². The summed E-state index contributed by atoms with van der Waals surface area (Å²) in [5.41, 5.74) is 2.04. The summed E-state index contributed by atoms with van der Waals surface area (Å²) in [5.74, 6) is 2.02. The largest absolute Gasteiger partial charge is 0.513 e. The van der Waals surface area contributed by atoms with Crippen molar-refractivity contribution in [2.45, 2.75) is 67.5 Å². The number of carbonyl (C=O) groups is 1. The van der Waals surface area contributed by atoms with Crippen molar-refractivity contribution in [1.29, 1.82) is 0 Å². The van der Waals surface area contributed by atoms with Gasteiger partial charge < -0.3 is 49.0 Å². The van der Waals surface area contributed by atoms with E-state index >= 15 is 0 Å². The first-order valence-corrected chi connectivity index (χ1v) is 12.3. The molecule has 2 aliphatic carbocycles. The number of aliphatic hydroxyl groups excluding tert-OH is 4. The number of hydrogen-bond acceptors (Lipinski definition) is 11. The van der Waals surface area contributed by atoms with Crippen LogP contribution in [0.15, 0.2) is 24.0 Å². The second kappa shape index (κ2) is 8.57. The number of likely N-dealkylation sites (N-methyl/N-ethyl adjacent to an activating group) is 1. The van der Waals surface area contributed by atoms with Crippen molar-refractivity contribution in [1.82, 2.24) is 4.90 Å². The number of piperidine rings is 1. The van der Waals surface area contributed by atoms with Crippen LogP contribution in [0.5, 0.6) is 11.5 Å². The van der Waals surface area contributed by atoms with Crippen LogP contribution in [-0.2, 0) is 26.0 Å². The first-order chi connectivity index (χ1) is 17.3. The van der Waals surface area contributed by atoms with Crippen molar-refractivity contribution in [3.05, 3.63) is 35.1 Å². The van der Waals surface area contributed by atoms with E-state index in [9.17, 15) is 25.2 Å². The zero-order chi connectivity index (χ0) is 25.4. The number of benzene rings is 1. The van der Waals surface area contributed by atoms with Crippen LogP contribution >= 0.6 is 0 Å². The SMILES string of the molecule is COc1ccc2c3c1OC1C(OC(=O)OC[C@H]4O[C@H](O)[C@H](O)[C@@H](O)[C@H]4O)=CCC4[C@@H](C2)N(C)CC[C@]314. The average Bonchev–Trinajstić information content (AvgIpc) is 3.22. The molecule has 0 aromatic heterocycles. The predicted molar refractivity (Wildman–Crippen MR) is 121 cm³/mol. The minimum Gasteiger partial charge on any atom is -0.493 e. The zero-order valence-electron chi connectivity index (χ0n) is 20.1. The summed E-state index contributed by atoms with van der Waals surface area (Å²) in [7, 11) is 3.76. The molecule has 196 valence electrons. The molecule has 0 saturated carbocycles. The van der Waals surface area contributed by atoms with Gasteiger partial charge >= 0.3 is 6.16 Å². The summed E-state index contributed by atoms with van der Waals surface area (Å²) in [6.45, 7) is 0.404. The normalized spacial score (nSPS) is 40.6. The topological polar surface area (TPSA) is 147 Å². The van der Waals surface area contributed by atoms with Crippen molar-refractivity contribution in [2.75, 3.05) is 27.3 Å². The molecule has 3 heterocycles. The van der Waals surface area contributed by atoms with E-state index in [1.165, 1.54) is 5.56 Å². The lowest BCUT2D eigenvalue weighted by Gasteiger charge is -2.56. The van der Waals surface area contributed by atoms with E-state index in [2.05, 4.69) is 18.0 Å². The Bertz CT molecular complexity index is 1090. The first-order valence-electron chi connectivity index (χ1n) is 12.3. The number of aliphatic hydroxyl groups is 4. The summed E-state index contributed by atoms with van der Waals surface area (Å²) in [5, 5.41) is 39.2. The van der Waals surface area contributed by atoms with Gasteiger partial charge in [-0.1, -0.05) is 6.07 Å². The third kappa shape index (κ3) is 3.30. The van der Waals surface area contributed by atoms with Gasteiger partial charge in [0.25, 0.3) is 0 Å². The Labute approximate surface area is 207 Å². The van der Waals surface area contributed by atoms with Gasteiger partial charge in [-0.15, -0.1) is 0 Å². The molecule has 11 nitrogen and oxygen atoms in total. The van der Waals surface area contributed by atoms with Gasteiger partial charge in [-0.25, -0.2) is 4.79 Å². The van der Waals surface area contributed by atoms with E-state index < -0.39 is 49.6 Å². The predicted octanol–water partition coefficient (Wildman–Crippen LogP) is -0.189. The number of methoxy groups -OCH3 is 1. The lowest BCUT2D eigenvalue weighted by molar-refractivity contribution is -0.286. The molecule has 6 rings (SSSR count). The van der Waals surface area contributed by atoms with Crippen LogP contribution in [-0.4, -0.2) is 102 Å². The Morgan fingerprint density at radius 1 is 1.19 bits per heavy atom. The highest BCUT2D eigenvalue weighted by Gasteiger charge is 2.65. The highest BCUT2D eigenvalue weighted by atomic mass is 16.7. The molecule has 3 aliphatic heterocycles. The Kier molecular flexibility index (Phi) is 5.71. The van der Waals surface area contributed by atoms with E-state index in [0.29, 0.717) is 35.6 Å². The van der Waals surface area contributed by atoms with E-state index in [4.69, 9.17) is 23.7 Å². The molecule has 4 N–H and O–H groups in total. The summed E-state index contributed by atoms with van der Waals surface area (Å²) in [4.78, 5) is 15.1. The second-order valence-electron chi connectivity index (χ2n) is 10.3. The summed E-state index contributed by atoms with van der Waals surface area (Å²) in [6, 6.07) is 4.38. The van der Waals surface area contributed by atoms with Crippen molar-refractivity contribution in [3.63, 3.8) is 0 Å². The maximum atomic E-state index is 12.7. The van der Waals surface area contributed by atoms with Crippen molar-refractivity contribution >= 4 is 6.16 Å². The molecule has 9 atom stereocenters. The van der Waals surface area contributed by atoms with Gasteiger partial charge in [0.1, 0.15) is 36.8 Å². The minimum atomic E-state index is -1.72. The number of hydrogen-bond donors (Lipinski definition) is 4. The maximum absolute atomic E-state index is 12.7. The summed E-state index contributed by atoms with van der Waals surface area (Å²) >= 11 is 0. The van der Waals surface area contributed by atoms with Gasteiger partial charge in [0, 0.05) is 17.0 Å². The molecule has 2 fully saturated rings. The van der Waals surface area contributed by atoms with Crippen molar-refractivity contribution in [3.8, 4) is 11.5 Å². The molecule has 0 radical (unpaired) electrons. The molecule has 11 heteroatoms. The monoisotopic (exact) mass is 505 g/mol. The lowest BCUT2D eigenvalue weighted by atomic mass is 9.53. The van der Waals surface area contributed by atoms with E-state index in [1.54, 1.807) is 7.11 Å². The number of rotatable bonds is 4. The minimum absolute atomic E-state index is 0.297. The fourth-order valence-corrected chi connectivity index (χ4v) is 6.91. The molecule has 1 aromatic rings. The Balaban J connectivity index is 1.23. The molecule has 2 bridgehead atoms. The van der Waals surface area contributed by atoms with Gasteiger partial charge in [0.15, 0.2) is 23.9 Å². The third-order valence-corrected chi connectivity index (χ3v) is 8.68. The Hall–Kier alpha value is -2.41. The Morgan fingerprint density at radius 2 is 2.00 bits per heavy atom. The summed E-state index contributed by atoms with van der Waals surface area (Å²) in [6.07, 6.45) is -4.98. The number of ether oxygens (including phenoxy) is 5. The quantitative estimate of drug-likeness (QED) is 0.404. The molecule has 0 amide bonds. The molecular formula is C25H31NO10. The molecule has 36 heavy (non-hydrogen) atoms. The average molecular weight is 506 g/mol. The van der Waals surface area contributed by atoms with Crippen LogP contribution in [0.2, 0.25) is 0 Å². The number of nitrogens with zero attached hydrogens (tertiary/aromatic N) is 1. The Morgan fingerprint density at radius 3 is 2.78 bits per heavy atom. The summed E-state index contributed by atoms with van der Waals surface area (Å²) < 4.78 is 28.0. The zero-order valence-corrected chi connectivity index (χ0v) is 20.1. The van der Waals surface area contributed by atoms with Crippen LogP contribution in [0, 0.1) is 5.92 Å². The standard InChI is InChI=1S/C25H31NO10/c1-26-8-7-25-12-4-6-15(35-24(31)33-10-16-18(27)19(28)20(29)23(30)34-16)22(25)36-21-14(32-2)5-3-11(17(21)25)9-13(12)26/h3,5-6,12-13,16,18-20,22-23,27-30H,4,7-10H2,1-2H3/t12?,13-,16-,18+,19+,20-,22?,23+,25+/m1/s1. The number of carbonyl (C=O) groups excluding carboxylic acids is 1. The van der Waals surface area contributed by atoms with Crippen LogP contribution in [0.3, 0.4) is 0 Å². The van der Waals surface area contributed by atoms with Crippen LogP contribution < -0.4 is 9.47 Å². The van der Waals surface area contributed by atoms with E-state index in [0.717, 1.165) is 24.9 Å². The first kappa shape index (κ1) is 24.0. The van der Waals surface area contributed by atoms with Gasteiger partial charge in [-0.2, -0.15) is 0 Å². The van der Waals surface area contributed by atoms with Gasteiger partial charge in [-0.05, 0) is 56.5 Å². The molecule has 2 unspecified atom stereocenters. The van der Waals surface area contributed by atoms with Gasteiger partial charge in [-0.3, -0.25) is 0 Å². The molecule has 5 aliphatic rings. The fourth-order valence-electron chi connectivity index (χ4n) is 6.91. The molecular weight excluding hydrogens is 474 g/mol. The van der Waals surface area contributed by atoms with E-state index in [-0.39, 0.29) is 5.41 Å². The van der Waals surface area contributed by atoms with Gasteiger partial charge in [0.2, 0.25) is 0 Å². The fraction of sp³-hybridized carbons (Fsp3) is 0.640. The van der Waals surface area contributed by atoms with Crippen molar-refractivity contribution < 1.29 is 48.9 Å². The second-order valence-corrected chi connectivity index (χ2v) is 10.3. The highest BCUT2D eigenvalue weighted by Crippen LogP contribution is 2.63. The van der Waals surface area contributed by atoms with Crippen LogP contribution in [0.25, 0.3) is 0 Å². The molecule has 1 aromatic carbocycles. The van der Waals surface area contributed by atoms with E-state index in [1.807, 2.05) is 12.1 Å². The lowest BCUT2D eigenvalue weighted by Crippen LogP contribution is -2.63. The van der Waals surface area contributed by atoms with Gasteiger partial charge in [0.05, 0.1) is 7.11 Å². The smallest absolute Gasteiger partial charge is 0.493 e. The molecule has 2 saturated heterocycles. The molecule has 1 spiro atoms. The van der Waals surface area contributed by atoms with Crippen LogP contribution in [0.4, 0.5) is 4.79 Å². The highest BCUT2D eigenvalue weighted by molar-refractivity contribution is 5.65. The number of likely N-dealkylation sites (tertiary alicyclic amines) is 1. The maximum Gasteiger partial charge on any atom is 0.513 e. The third-order valence-electron chi connectivity index (χ3n) is 8.68.